The number of H-pyrrole nitrogens is 1. The molecule has 5 rings (SSSR count). The number of halogens is 3. The molecule has 0 fully saturated rings. The van der Waals surface area contributed by atoms with Gasteiger partial charge in [-0.3, -0.25) is 9.59 Å². The molecule has 1 amide bonds. The molecule has 2 aromatic carbocycles. The van der Waals surface area contributed by atoms with E-state index in [0.29, 0.717) is 16.8 Å². The Bertz CT molecular complexity index is 1480. The highest BCUT2D eigenvalue weighted by Crippen LogP contribution is 2.42. The van der Waals surface area contributed by atoms with Crippen LogP contribution in [0, 0.1) is 5.82 Å². The number of alkyl halides is 2. The largest absolute Gasteiger partial charge is 0.586 e. The Hall–Kier alpha value is -4.28. The number of ether oxygens (including phenoxy) is 2. The minimum absolute atomic E-state index is 0.146. The fourth-order valence-electron chi connectivity index (χ4n) is 3.87. The van der Waals surface area contributed by atoms with Crippen LogP contribution in [0.2, 0.25) is 0 Å². The molecule has 0 radical (unpaired) electrons. The number of amides is 1. The normalized spacial score (nSPS) is 13.9. The molecule has 8 nitrogen and oxygen atoms in total. The van der Waals surface area contributed by atoms with E-state index in [1.165, 1.54) is 41.3 Å². The van der Waals surface area contributed by atoms with Crippen LogP contribution >= 0.6 is 0 Å². The number of benzene rings is 2. The number of nitrogens with zero attached hydrogens (tertiary/aromatic N) is 3. The van der Waals surface area contributed by atoms with E-state index in [1.54, 1.807) is 25.3 Å². The van der Waals surface area contributed by atoms with Crippen LogP contribution in [0.5, 0.6) is 11.5 Å². The van der Waals surface area contributed by atoms with Crippen molar-refractivity contribution in [3.8, 4) is 22.8 Å². The first-order chi connectivity index (χ1) is 16.3. The molecule has 2 aromatic heterocycles. The molecule has 174 valence electrons. The Kier molecular flexibility index (Phi) is 5.03. The van der Waals surface area contributed by atoms with E-state index in [4.69, 9.17) is 0 Å². The standard InChI is InChI=1S/C23H17F3N4O4/c1-2-29(15-6-7-17-18(11-15)34-23(25,26)33-17)19(31)12-30-22(32)16-8-9-27-21(16)20(28-30)13-4-3-5-14(24)10-13/h3-11,27H,2,12H2,1H3. The summed E-state index contributed by atoms with van der Waals surface area (Å²) in [6.45, 7) is 1.45. The third-order valence-electron chi connectivity index (χ3n) is 5.37. The number of carbonyl (C=O) groups excluding carboxylic acids is 1. The number of fused-ring (bicyclic) bond motifs is 2. The lowest BCUT2D eigenvalue weighted by Crippen LogP contribution is -2.37. The lowest BCUT2D eigenvalue weighted by atomic mass is 10.1. The van der Waals surface area contributed by atoms with Crippen LogP contribution in [-0.4, -0.2) is 33.5 Å². The molecule has 11 heteroatoms. The first kappa shape index (κ1) is 21.6. The third-order valence-corrected chi connectivity index (χ3v) is 5.37. The van der Waals surface area contributed by atoms with Gasteiger partial charge in [0.05, 0.1) is 10.9 Å². The summed E-state index contributed by atoms with van der Waals surface area (Å²) in [6, 6.07) is 11.3. The summed E-state index contributed by atoms with van der Waals surface area (Å²) < 4.78 is 50.4. The van der Waals surface area contributed by atoms with Crippen LogP contribution < -0.4 is 19.9 Å². The van der Waals surface area contributed by atoms with Crippen LogP contribution in [0.4, 0.5) is 18.9 Å². The fourth-order valence-corrected chi connectivity index (χ4v) is 3.87. The zero-order chi connectivity index (χ0) is 24.0. The Labute approximate surface area is 190 Å². The molecule has 34 heavy (non-hydrogen) atoms. The van der Waals surface area contributed by atoms with Crippen molar-refractivity contribution in [2.45, 2.75) is 19.8 Å². The van der Waals surface area contributed by atoms with Crippen LogP contribution in [0.25, 0.3) is 22.2 Å². The molecular formula is C23H17F3N4O4. The topological polar surface area (TPSA) is 89.5 Å². The van der Waals surface area contributed by atoms with Crippen LogP contribution in [0.1, 0.15) is 6.92 Å². The van der Waals surface area contributed by atoms with E-state index in [0.717, 1.165) is 4.68 Å². The smallest absolute Gasteiger partial charge is 0.395 e. The highest BCUT2D eigenvalue weighted by atomic mass is 19.3. The molecule has 1 N–H and O–H groups in total. The average Bonchev–Trinajstić information content (AvgIpc) is 3.39. The SMILES string of the molecule is CCN(C(=O)Cn1nc(-c2cccc(F)c2)c2[nH]ccc2c1=O)c1ccc2c(c1)OC(F)(F)O2. The monoisotopic (exact) mass is 470 g/mol. The fraction of sp³-hybridized carbons (Fsp3) is 0.174. The molecule has 0 aliphatic carbocycles. The highest BCUT2D eigenvalue weighted by Gasteiger charge is 2.43. The van der Waals surface area contributed by atoms with E-state index in [-0.39, 0.29) is 29.1 Å². The van der Waals surface area contributed by atoms with Gasteiger partial charge in [0.2, 0.25) is 5.91 Å². The van der Waals surface area contributed by atoms with Crippen molar-refractivity contribution in [3.05, 3.63) is 70.9 Å². The molecule has 1 aliphatic heterocycles. The Morgan fingerprint density at radius 3 is 2.71 bits per heavy atom. The second-order valence-electron chi connectivity index (χ2n) is 7.52. The van der Waals surface area contributed by atoms with Crippen molar-refractivity contribution in [3.63, 3.8) is 0 Å². The maximum atomic E-state index is 13.8. The summed E-state index contributed by atoms with van der Waals surface area (Å²) in [5.41, 5.74) is 0.932. The van der Waals surface area contributed by atoms with Crippen molar-refractivity contribution >= 4 is 22.5 Å². The van der Waals surface area contributed by atoms with E-state index in [2.05, 4.69) is 19.6 Å². The zero-order valence-electron chi connectivity index (χ0n) is 17.7. The number of nitrogens with one attached hydrogen (secondary N) is 1. The van der Waals surface area contributed by atoms with Gasteiger partial charge in [-0.1, -0.05) is 12.1 Å². The van der Waals surface area contributed by atoms with Gasteiger partial charge in [-0.2, -0.15) is 5.10 Å². The van der Waals surface area contributed by atoms with Crippen LogP contribution in [0.15, 0.2) is 59.5 Å². The zero-order valence-corrected chi connectivity index (χ0v) is 17.7. The lowest BCUT2D eigenvalue weighted by Gasteiger charge is -2.21. The number of rotatable bonds is 5. The molecule has 0 saturated carbocycles. The summed E-state index contributed by atoms with van der Waals surface area (Å²) in [5.74, 6) is -1.33. The quantitative estimate of drug-likeness (QED) is 0.478. The first-order valence-corrected chi connectivity index (χ1v) is 10.3. The van der Waals surface area contributed by atoms with E-state index in [9.17, 15) is 22.8 Å². The van der Waals surface area contributed by atoms with E-state index >= 15 is 0 Å². The van der Waals surface area contributed by atoms with Crippen molar-refractivity contribution in [2.24, 2.45) is 0 Å². The van der Waals surface area contributed by atoms with Gasteiger partial charge in [0.1, 0.15) is 18.1 Å². The lowest BCUT2D eigenvalue weighted by molar-refractivity contribution is -0.286. The second-order valence-corrected chi connectivity index (χ2v) is 7.52. The number of likely N-dealkylation sites (N-methyl/N-ethyl adjacent to an activating group) is 1. The van der Waals surface area contributed by atoms with Gasteiger partial charge in [-0.05, 0) is 37.3 Å². The minimum atomic E-state index is -3.78. The van der Waals surface area contributed by atoms with Gasteiger partial charge in [-0.25, -0.2) is 9.07 Å². The number of aromatic amines is 1. The third kappa shape index (κ3) is 3.74. The Morgan fingerprint density at radius 1 is 1.15 bits per heavy atom. The number of hydrogen-bond donors (Lipinski definition) is 1. The van der Waals surface area contributed by atoms with Gasteiger partial charge in [0, 0.05) is 30.1 Å². The van der Waals surface area contributed by atoms with Crippen molar-refractivity contribution in [1.29, 1.82) is 0 Å². The van der Waals surface area contributed by atoms with Gasteiger partial charge in [-0.15, -0.1) is 8.78 Å². The molecule has 1 aliphatic rings. The summed E-state index contributed by atoms with van der Waals surface area (Å²) in [6.07, 6.45) is -2.22. The molecular weight excluding hydrogens is 453 g/mol. The van der Waals surface area contributed by atoms with Gasteiger partial charge in [0.25, 0.3) is 5.56 Å². The second kappa shape index (κ2) is 7.94. The summed E-state index contributed by atoms with van der Waals surface area (Å²) in [5, 5.41) is 4.61. The maximum absolute atomic E-state index is 13.8. The maximum Gasteiger partial charge on any atom is 0.586 e. The molecule has 4 aromatic rings. The molecule has 3 heterocycles. The van der Waals surface area contributed by atoms with Crippen molar-refractivity contribution in [2.75, 3.05) is 11.4 Å². The van der Waals surface area contributed by atoms with Gasteiger partial charge < -0.3 is 19.4 Å². The summed E-state index contributed by atoms with van der Waals surface area (Å²) >= 11 is 0. The Morgan fingerprint density at radius 2 is 1.94 bits per heavy atom. The van der Waals surface area contributed by atoms with Crippen LogP contribution in [-0.2, 0) is 11.3 Å². The first-order valence-electron chi connectivity index (χ1n) is 10.3. The summed E-state index contributed by atoms with van der Waals surface area (Å²) in [4.78, 5) is 30.3. The number of hydrogen-bond acceptors (Lipinski definition) is 5. The van der Waals surface area contributed by atoms with E-state index in [1.807, 2.05) is 0 Å². The minimum Gasteiger partial charge on any atom is -0.395 e. The van der Waals surface area contributed by atoms with Gasteiger partial charge in [0.15, 0.2) is 11.5 Å². The molecule has 0 atom stereocenters. The molecule has 0 spiro atoms. The Balaban J connectivity index is 1.50. The average molecular weight is 470 g/mol. The van der Waals surface area contributed by atoms with Crippen molar-refractivity contribution < 1.29 is 27.4 Å². The van der Waals surface area contributed by atoms with E-state index < -0.39 is 30.1 Å². The molecule has 0 saturated heterocycles. The molecule has 0 unspecified atom stereocenters. The number of anilines is 1. The number of aromatic nitrogens is 3. The summed E-state index contributed by atoms with van der Waals surface area (Å²) in [7, 11) is 0. The highest BCUT2D eigenvalue weighted by molar-refractivity contribution is 5.94. The predicted molar refractivity (Wildman–Crippen MR) is 116 cm³/mol. The van der Waals surface area contributed by atoms with Crippen LogP contribution in [0.3, 0.4) is 0 Å². The van der Waals surface area contributed by atoms with Gasteiger partial charge >= 0.3 is 6.29 Å². The van der Waals surface area contributed by atoms with Crippen molar-refractivity contribution in [1.82, 2.24) is 14.8 Å². The molecule has 0 bridgehead atoms. The number of carbonyl (C=O) groups is 1. The predicted octanol–water partition coefficient (Wildman–Crippen LogP) is 3.91.